The van der Waals surface area contributed by atoms with Gasteiger partial charge in [0.15, 0.2) is 0 Å². The summed E-state index contributed by atoms with van der Waals surface area (Å²) in [5.74, 6) is 0. The maximum Gasteiger partial charge on any atom is 0.231 e. The number of aromatic nitrogens is 3. The van der Waals surface area contributed by atoms with E-state index in [1.807, 2.05) is 0 Å². The van der Waals surface area contributed by atoms with Crippen LogP contribution in [0.15, 0.2) is 18.5 Å². The number of hydrogen-bond donors (Lipinski definition) is 3. The highest BCUT2D eigenvalue weighted by atomic mass is 16.1. The smallest absolute Gasteiger partial charge is 0.222 e. The first-order valence-corrected chi connectivity index (χ1v) is 2.95. The van der Waals surface area contributed by atoms with Gasteiger partial charge in [-0.2, -0.15) is 0 Å². The fraction of sp³-hybridized carbons (Fsp3) is 0. The zero-order valence-corrected chi connectivity index (χ0v) is 7.30. The van der Waals surface area contributed by atoms with Crippen LogP contribution in [0.1, 0.15) is 0 Å². The Balaban J connectivity index is -0.000000140. The van der Waals surface area contributed by atoms with Crippen molar-refractivity contribution in [2.24, 2.45) is 0 Å². The van der Waals surface area contributed by atoms with Gasteiger partial charge in [0, 0.05) is 0 Å². The molecule has 0 saturated carbocycles. The molecule has 0 aliphatic rings. The van der Waals surface area contributed by atoms with Crippen LogP contribution in [0.25, 0.3) is 0 Å². The second-order valence-electron chi connectivity index (χ2n) is 1.12. The second-order valence-corrected chi connectivity index (χ2v) is 1.12. The predicted octanol–water partition coefficient (Wildman–Crippen LogP) is -0.425. The summed E-state index contributed by atoms with van der Waals surface area (Å²) in [6.07, 6.45) is 5.40. The SMILES string of the molecule is N=C=O.N=C=O.N=C=O.c1cnnnc1. The van der Waals surface area contributed by atoms with Crippen LogP contribution in [0.2, 0.25) is 0 Å². The molecule has 3 N–H and O–H groups in total. The maximum absolute atomic E-state index is 8.35. The minimum absolute atomic E-state index is 0.750. The molecule has 0 fully saturated rings. The molecule has 15 heavy (non-hydrogen) atoms. The van der Waals surface area contributed by atoms with E-state index in [9.17, 15) is 0 Å². The lowest BCUT2D eigenvalue weighted by Gasteiger charge is -1.68. The summed E-state index contributed by atoms with van der Waals surface area (Å²) in [6.45, 7) is 0. The van der Waals surface area contributed by atoms with Gasteiger partial charge in [-0.3, -0.25) is 0 Å². The summed E-state index contributed by atoms with van der Waals surface area (Å²) < 4.78 is 0. The van der Waals surface area contributed by atoms with Gasteiger partial charge in [0.05, 0.1) is 12.4 Å². The van der Waals surface area contributed by atoms with Gasteiger partial charge in [0.2, 0.25) is 18.2 Å². The first kappa shape index (κ1) is 18.0. The van der Waals surface area contributed by atoms with Crippen molar-refractivity contribution in [1.29, 1.82) is 16.2 Å². The molecule has 1 aromatic heterocycles. The molecule has 0 aliphatic heterocycles. The molecule has 9 nitrogen and oxygen atoms in total. The number of nitrogens with one attached hydrogen (secondary N) is 3. The Morgan fingerprint density at radius 1 is 0.800 bits per heavy atom. The topological polar surface area (TPSA) is 161 Å². The molecule has 0 spiro atoms. The third kappa shape index (κ3) is 94.1. The van der Waals surface area contributed by atoms with Gasteiger partial charge in [-0.05, 0) is 11.3 Å². The van der Waals surface area contributed by atoms with Crippen molar-refractivity contribution in [2.75, 3.05) is 0 Å². The Bertz CT molecular complexity index is 254. The van der Waals surface area contributed by atoms with E-state index < -0.39 is 0 Å². The van der Waals surface area contributed by atoms with E-state index in [4.69, 9.17) is 30.6 Å². The van der Waals surface area contributed by atoms with Gasteiger partial charge in [-0.15, -0.1) is 10.2 Å². The van der Waals surface area contributed by atoms with Crippen molar-refractivity contribution < 1.29 is 14.4 Å². The Morgan fingerprint density at radius 2 is 1.07 bits per heavy atom. The Hall–Kier alpha value is -2.85. The van der Waals surface area contributed by atoms with E-state index in [1.54, 1.807) is 18.5 Å². The third-order valence-corrected chi connectivity index (χ3v) is 0.409. The zero-order valence-electron chi connectivity index (χ0n) is 7.30. The first-order chi connectivity index (χ1) is 7.24. The summed E-state index contributed by atoms with van der Waals surface area (Å²) in [7, 11) is 0. The first-order valence-electron chi connectivity index (χ1n) is 2.95. The van der Waals surface area contributed by atoms with Gasteiger partial charge < -0.3 is 0 Å². The molecule has 1 rings (SSSR count). The number of rotatable bonds is 0. The van der Waals surface area contributed by atoms with Crippen molar-refractivity contribution in [3.63, 3.8) is 0 Å². The van der Waals surface area contributed by atoms with Crippen LogP contribution in [0.3, 0.4) is 0 Å². The number of isocyanates is 3. The Morgan fingerprint density at radius 3 is 1.13 bits per heavy atom. The number of carbonyl (C=O) groups excluding carboxylic acids is 3. The Labute approximate surface area is 83.7 Å². The van der Waals surface area contributed by atoms with Crippen molar-refractivity contribution in [3.8, 4) is 0 Å². The molecule has 0 aromatic carbocycles. The lowest BCUT2D eigenvalue weighted by Crippen LogP contribution is -1.78. The highest BCUT2D eigenvalue weighted by molar-refractivity contribution is 5.26. The van der Waals surface area contributed by atoms with E-state index in [-0.39, 0.29) is 0 Å². The van der Waals surface area contributed by atoms with E-state index in [1.165, 1.54) is 0 Å². The maximum atomic E-state index is 8.35. The molecule has 0 atom stereocenters. The average molecular weight is 210 g/mol. The van der Waals surface area contributed by atoms with E-state index in [0.717, 1.165) is 18.2 Å². The van der Waals surface area contributed by atoms with Gasteiger partial charge >= 0.3 is 0 Å². The van der Waals surface area contributed by atoms with Crippen molar-refractivity contribution in [2.45, 2.75) is 0 Å². The van der Waals surface area contributed by atoms with E-state index in [2.05, 4.69) is 15.4 Å². The van der Waals surface area contributed by atoms with Crippen LogP contribution in [0.5, 0.6) is 0 Å². The molecule has 0 aliphatic carbocycles. The monoisotopic (exact) mass is 210 g/mol. The fourth-order valence-electron chi connectivity index (χ4n) is 0.205. The van der Waals surface area contributed by atoms with Crippen molar-refractivity contribution in [3.05, 3.63) is 18.5 Å². The number of hydrogen-bond acceptors (Lipinski definition) is 9. The molecule has 0 saturated heterocycles. The van der Waals surface area contributed by atoms with Crippen LogP contribution in [0.4, 0.5) is 0 Å². The van der Waals surface area contributed by atoms with E-state index in [0.29, 0.717) is 0 Å². The summed E-state index contributed by atoms with van der Waals surface area (Å²) >= 11 is 0. The predicted molar refractivity (Wildman–Crippen MR) is 45.1 cm³/mol. The zero-order chi connectivity index (χ0) is 12.4. The quantitative estimate of drug-likeness (QED) is 0.388. The molecule has 1 aromatic rings. The van der Waals surface area contributed by atoms with Gasteiger partial charge in [0.1, 0.15) is 0 Å². The molecule has 1 heterocycles. The molecule has 0 bridgehead atoms. The lowest BCUT2D eigenvalue weighted by atomic mass is 10.7. The van der Waals surface area contributed by atoms with Crippen molar-refractivity contribution in [1.82, 2.24) is 15.4 Å². The number of nitrogens with zero attached hydrogens (tertiary/aromatic N) is 3. The molecule has 78 valence electrons. The second kappa shape index (κ2) is 30.4. The fourth-order valence-corrected chi connectivity index (χ4v) is 0.205. The third-order valence-electron chi connectivity index (χ3n) is 0.409. The lowest BCUT2D eigenvalue weighted by molar-refractivity contribution is 0.562. The van der Waals surface area contributed by atoms with Crippen LogP contribution in [0, 0.1) is 16.2 Å². The largest absolute Gasteiger partial charge is 0.231 e. The standard InChI is InChI=1S/C3H3N3.3CHNO/c1-2-4-6-5-3-1;3*2-1-3/h1-3H;3*2H. The highest BCUT2D eigenvalue weighted by Crippen LogP contribution is 1.61. The van der Waals surface area contributed by atoms with Gasteiger partial charge in [0.25, 0.3) is 0 Å². The Kier molecular flexibility index (Phi) is 36.5. The molecule has 0 unspecified atom stereocenters. The molecular weight excluding hydrogens is 204 g/mol. The highest BCUT2D eigenvalue weighted by Gasteiger charge is 1.60. The normalized spacial score (nSPS) is 4.80. The average Bonchev–Trinajstić information content (AvgIpc) is 2.24. The molecular formula is C6H6N6O3. The minimum Gasteiger partial charge on any atom is -0.222 e. The van der Waals surface area contributed by atoms with Gasteiger partial charge in [-0.1, -0.05) is 0 Å². The van der Waals surface area contributed by atoms with E-state index >= 15 is 0 Å². The summed E-state index contributed by atoms with van der Waals surface area (Å²) in [4.78, 5) is 25.0. The summed E-state index contributed by atoms with van der Waals surface area (Å²) in [6, 6.07) is 1.72. The van der Waals surface area contributed by atoms with Crippen LogP contribution >= 0.6 is 0 Å². The summed E-state index contributed by atoms with van der Waals surface area (Å²) in [5.41, 5.74) is 0. The summed E-state index contributed by atoms with van der Waals surface area (Å²) in [5, 5.41) is 26.3. The molecule has 0 radical (unpaired) electrons. The van der Waals surface area contributed by atoms with Crippen LogP contribution in [-0.2, 0) is 14.4 Å². The van der Waals surface area contributed by atoms with Crippen molar-refractivity contribution >= 4 is 18.2 Å². The van der Waals surface area contributed by atoms with Gasteiger partial charge in [-0.25, -0.2) is 30.6 Å². The van der Waals surface area contributed by atoms with Crippen LogP contribution < -0.4 is 0 Å². The molecule has 9 heteroatoms. The van der Waals surface area contributed by atoms with Crippen LogP contribution in [-0.4, -0.2) is 33.7 Å². The molecule has 0 amide bonds. The minimum atomic E-state index is 0.750.